The van der Waals surface area contributed by atoms with Gasteiger partial charge in [-0.2, -0.15) is 0 Å². The first-order valence-corrected chi connectivity index (χ1v) is 7.59. The van der Waals surface area contributed by atoms with Gasteiger partial charge in [0, 0.05) is 39.3 Å². The molecule has 1 fully saturated rings. The first-order chi connectivity index (χ1) is 9.93. The van der Waals surface area contributed by atoms with Gasteiger partial charge in [0.15, 0.2) is 0 Å². The number of urea groups is 1. The van der Waals surface area contributed by atoms with Crippen LogP contribution in [0.15, 0.2) is 0 Å². The Balaban J connectivity index is 2.35. The number of likely N-dealkylation sites (N-methyl/N-ethyl adjacent to an activating group) is 1. The van der Waals surface area contributed by atoms with Crippen LogP contribution in [0.3, 0.4) is 0 Å². The van der Waals surface area contributed by atoms with Crippen molar-refractivity contribution in [2.24, 2.45) is 0 Å². The minimum Gasteiger partial charge on any atom is -0.480 e. The van der Waals surface area contributed by atoms with Crippen LogP contribution in [-0.4, -0.2) is 91.2 Å². The van der Waals surface area contributed by atoms with Crippen LogP contribution in [-0.2, 0) is 4.79 Å². The molecule has 7 nitrogen and oxygen atoms in total. The first-order valence-electron chi connectivity index (χ1n) is 7.59. The Hall–Kier alpha value is -1.34. The van der Waals surface area contributed by atoms with Gasteiger partial charge in [-0.3, -0.25) is 4.90 Å². The summed E-state index contributed by atoms with van der Waals surface area (Å²) >= 11 is 0. The van der Waals surface area contributed by atoms with Gasteiger partial charge in [-0.15, -0.1) is 0 Å². The second kappa shape index (κ2) is 8.84. The predicted molar refractivity (Wildman–Crippen MR) is 81.4 cm³/mol. The van der Waals surface area contributed by atoms with E-state index in [1.165, 1.54) is 0 Å². The van der Waals surface area contributed by atoms with Gasteiger partial charge in [-0.25, -0.2) is 9.59 Å². The number of carbonyl (C=O) groups excluding carboxylic acids is 1. The van der Waals surface area contributed by atoms with E-state index < -0.39 is 12.0 Å². The highest BCUT2D eigenvalue weighted by Crippen LogP contribution is 2.04. The molecule has 1 rings (SSSR count). The molecule has 2 amide bonds. The highest BCUT2D eigenvalue weighted by Gasteiger charge is 2.25. The van der Waals surface area contributed by atoms with Crippen molar-refractivity contribution in [2.75, 3.05) is 53.4 Å². The maximum atomic E-state index is 12.1. The summed E-state index contributed by atoms with van der Waals surface area (Å²) in [7, 11) is 4.09. The van der Waals surface area contributed by atoms with Crippen LogP contribution in [0.25, 0.3) is 0 Å². The highest BCUT2D eigenvalue weighted by atomic mass is 16.4. The first kappa shape index (κ1) is 17.7. The van der Waals surface area contributed by atoms with E-state index in [-0.39, 0.29) is 6.03 Å². The van der Waals surface area contributed by atoms with Crippen LogP contribution < -0.4 is 5.32 Å². The summed E-state index contributed by atoms with van der Waals surface area (Å²) in [4.78, 5) is 29.3. The largest absolute Gasteiger partial charge is 0.480 e. The smallest absolute Gasteiger partial charge is 0.326 e. The minimum absolute atomic E-state index is 0.261. The molecule has 0 aromatic carbocycles. The van der Waals surface area contributed by atoms with Crippen molar-refractivity contribution < 1.29 is 14.7 Å². The third-order valence-electron chi connectivity index (χ3n) is 3.70. The molecule has 1 aliphatic heterocycles. The summed E-state index contributed by atoms with van der Waals surface area (Å²) in [6.07, 6.45) is 1.19. The van der Waals surface area contributed by atoms with Gasteiger partial charge in [0.2, 0.25) is 0 Å². The zero-order valence-electron chi connectivity index (χ0n) is 13.3. The molecule has 1 aliphatic rings. The molecule has 2 N–H and O–H groups in total. The van der Waals surface area contributed by atoms with Crippen molar-refractivity contribution in [2.45, 2.75) is 25.8 Å². The normalized spacial score (nSPS) is 17.8. The Morgan fingerprint density at radius 3 is 2.33 bits per heavy atom. The summed E-state index contributed by atoms with van der Waals surface area (Å²) in [5, 5.41) is 11.7. The average molecular weight is 300 g/mol. The number of nitrogens with zero attached hydrogens (tertiary/aromatic N) is 3. The van der Waals surface area contributed by atoms with Crippen LogP contribution in [0, 0.1) is 0 Å². The SMILES string of the molecule is CCC[C@H](NC(=O)N1CCN(CCN(C)C)CC1)C(=O)O. The van der Waals surface area contributed by atoms with Crippen LogP contribution >= 0.6 is 0 Å². The average Bonchev–Trinajstić information content (AvgIpc) is 2.45. The van der Waals surface area contributed by atoms with Crippen LogP contribution in [0.5, 0.6) is 0 Å². The Morgan fingerprint density at radius 2 is 1.86 bits per heavy atom. The molecule has 1 heterocycles. The molecule has 1 saturated heterocycles. The third kappa shape index (κ3) is 6.31. The lowest BCUT2D eigenvalue weighted by Crippen LogP contribution is -2.55. The van der Waals surface area contributed by atoms with Crippen molar-refractivity contribution in [3.63, 3.8) is 0 Å². The molecule has 0 aromatic heterocycles. The molecule has 0 unspecified atom stereocenters. The van der Waals surface area contributed by atoms with Gasteiger partial charge in [0.05, 0.1) is 0 Å². The molecule has 0 radical (unpaired) electrons. The fraction of sp³-hybridized carbons (Fsp3) is 0.857. The van der Waals surface area contributed by atoms with E-state index in [2.05, 4.69) is 15.1 Å². The molecule has 0 saturated carbocycles. The van der Waals surface area contributed by atoms with Crippen LogP contribution in [0.4, 0.5) is 4.79 Å². The van der Waals surface area contributed by atoms with Crippen LogP contribution in [0.1, 0.15) is 19.8 Å². The molecule has 0 aromatic rings. The Bertz CT molecular complexity index is 341. The van der Waals surface area contributed by atoms with Crippen molar-refractivity contribution in [1.82, 2.24) is 20.0 Å². The predicted octanol–water partition coefficient (Wildman–Crippen LogP) is 0.129. The Labute approximate surface area is 126 Å². The Kier molecular flexibility index (Phi) is 7.45. The lowest BCUT2D eigenvalue weighted by Gasteiger charge is -2.35. The van der Waals surface area contributed by atoms with E-state index in [9.17, 15) is 9.59 Å². The summed E-state index contributed by atoms with van der Waals surface area (Å²) in [6, 6.07) is -1.04. The fourth-order valence-electron chi connectivity index (χ4n) is 2.30. The van der Waals surface area contributed by atoms with Crippen molar-refractivity contribution in [1.29, 1.82) is 0 Å². The van der Waals surface area contributed by atoms with Gasteiger partial charge in [0.1, 0.15) is 6.04 Å². The van der Waals surface area contributed by atoms with Crippen molar-refractivity contribution in [3.8, 4) is 0 Å². The summed E-state index contributed by atoms with van der Waals surface area (Å²) in [5.41, 5.74) is 0. The molecule has 1 atom stereocenters. The third-order valence-corrected chi connectivity index (χ3v) is 3.70. The number of carboxylic acid groups (broad SMARTS) is 1. The topological polar surface area (TPSA) is 76.1 Å². The molecule has 21 heavy (non-hydrogen) atoms. The second-order valence-electron chi connectivity index (χ2n) is 5.76. The van der Waals surface area contributed by atoms with E-state index in [1.807, 2.05) is 21.0 Å². The minimum atomic E-state index is -0.963. The summed E-state index contributed by atoms with van der Waals surface area (Å²) in [5.74, 6) is -0.963. The maximum Gasteiger partial charge on any atom is 0.326 e. The van der Waals surface area contributed by atoms with Gasteiger partial charge in [-0.1, -0.05) is 13.3 Å². The molecule has 0 spiro atoms. The second-order valence-corrected chi connectivity index (χ2v) is 5.76. The molecular formula is C14H28N4O3. The van der Waals surface area contributed by atoms with Crippen LogP contribution in [0.2, 0.25) is 0 Å². The zero-order valence-corrected chi connectivity index (χ0v) is 13.3. The number of nitrogens with one attached hydrogen (secondary N) is 1. The van der Waals surface area contributed by atoms with Gasteiger partial charge in [0.25, 0.3) is 0 Å². The Morgan fingerprint density at radius 1 is 1.24 bits per heavy atom. The maximum absolute atomic E-state index is 12.1. The van der Waals surface area contributed by atoms with Gasteiger partial charge >= 0.3 is 12.0 Å². The van der Waals surface area contributed by atoms with Crippen molar-refractivity contribution in [3.05, 3.63) is 0 Å². The monoisotopic (exact) mass is 300 g/mol. The summed E-state index contributed by atoms with van der Waals surface area (Å²) < 4.78 is 0. The fourth-order valence-corrected chi connectivity index (χ4v) is 2.30. The molecular weight excluding hydrogens is 272 g/mol. The number of amides is 2. The standard InChI is InChI=1S/C14H28N4O3/c1-4-5-12(13(19)20)15-14(21)18-10-8-17(9-11-18)7-6-16(2)3/h12H,4-11H2,1-3H3,(H,15,21)(H,19,20)/t12-/m0/s1. The number of aliphatic carboxylic acids is 1. The lowest BCUT2D eigenvalue weighted by molar-refractivity contribution is -0.139. The lowest BCUT2D eigenvalue weighted by atomic mass is 10.2. The zero-order chi connectivity index (χ0) is 15.8. The number of rotatable bonds is 7. The van der Waals surface area contributed by atoms with E-state index in [1.54, 1.807) is 4.90 Å². The molecule has 122 valence electrons. The quantitative estimate of drug-likeness (QED) is 0.699. The van der Waals surface area contributed by atoms with E-state index in [4.69, 9.17) is 5.11 Å². The number of hydrogen-bond acceptors (Lipinski definition) is 4. The van der Waals surface area contributed by atoms with Gasteiger partial charge < -0.3 is 20.2 Å². The van der Waals surface area contributed by atoms with Gasteiger partial charge in [-0.05, 0) is 20.5 Å². The highest BCUT2D eigenvalue weighted by molar-refractivity contribution is 5.82. The molecule has 0 aliphatic carbocycles. The number of carboxylic acids is 1. The number of hydrogen-bond donors (Lipinski definition) is 2. The van der Waals surface area contributed by atoms with E-state index >= 15 is 0 Å². The number of piperazine rings is 1. The number of carbonyl (C=O) groups is 2. The van der Waals surface area contributed by atoms with Crippen molar-refractivity contribution >= 4 is 12.0 Å². The van der Waals surface area contributed by atoms with E-state index in [0.717, 1.165) is 32.6 Å². The van der Waals surface area contributed by atoms with E-state index in [0.29, 0.717) is 19.5 Å². The molecule has 7 heteroatoms. The molecule has 0 bridgehead atoms. The summed E-state index contributed by atoms with van der Waals surface area (Å²) in [6.45, 7) is 6.89.